The summed E-state index contributed by atoms with van der Waals surface area (Å²) >= 11 is 11.6. The summed E-state index contributed by atoms with van der Waals surface area (Å²) in [5, 5.41) is 3.17. The number of benzene rings is 2. The molecule has 2 rings (SSSR count). The van der Waals surface area contributed by atoms with Gasteiger partial charge in [-0.05, 0) is 42.0 Å². The standard InChI is InChI=1S/C17H12Cl2FNO3/c18-14-6-5-13(9-15(14)19)21-16(22)10-24-17(23)7-4-11-2-1-3-12(20)8-11/h1-9H,10H2,(H,21,22)/b7-4+. The van der Waals surface area contributed by atoms with Gasteiger partial charge >= 0.3 is 5.97 Å². The van der Waals surface area contributed by atoms with Crippen LogP contribution in [0.3, 0.4) is 0 Å². The van der Waals surface area contributed by atoms with E-state index in [9.17, 15) is 14.0 Å². The number of rotatable bonds is 5. The largest absolute Gasteiger partial charge is 0.452 e. The minimum absolute atomic E-state index is 0.296. The van der Waals surface area contributed by atoms with Crippen molar-refractivity contribution in [1.29, 1.82) is 0 Å². The van der Waals surface area contributed by atoms with Crippen molar-refractivity contribution in [2.24, 2.45) is 0 Å². The van der Waals surface area contributed by atoms with Gasteiger partial charge in [-0.25, -0.2) is 9.18 Å². The molecule has 0 aromatic heterocycles. The number of halogens is 3. The molecule has 24 heavy (non-hydrogen) atoms. The minimum atomic E-state index is -0.719. The zero-order chi connectivity index (χ0) is 17.5. The van der Waals surface area contributed by atoms with Gasteiger partial charge in [0.2, 0.25) is 0 Å². The highest BCUT2D eigenvalue weighted by Crippen LogP contribution is 2.24. The van der Waals surface area contributed by atoms with E-state index in [0.717, 1.165) is 6.08 Å². The van der Waals surface area contributed by atoms with Crippen molar-refractivity contribution in [2.45, 2.75) is 0 Å². The van der Waals surface area contributed by atoms with E-state index < -0.39 is 24.3 Å². The molecule has 0 bridgehead atoms. The lowest BCUT2D eigenvalue weighted by atomic mass is 10.2. The summed E-state index contributed by atoms with van der Waals surface area (Å²) in [6, 6.07) is 10.3. The van der Waals surface area contributed by atoms with Crippen molar-refractivity contribution < 1.29 is 18.7 Å². The molecule has 0 unspecified atom stereocenters. The molecule has 1 N–H and O–H groups in total. The molecule has 0 heterocycles. The predicted molar refractivity (Wildman–Crippen MR) is 91.5 cm³/mol. The number of carbonyl (C=O) groups excluding carboxylic acids is 2. The average Bonchev–Trinajstić information content (AvgIpc) is 2.54. The third-order valence-electron chi connectivity index (χ3n) is 2.81. The number of nitrogens with one attached hydrogen (secondary N) is 1. The molecular weight excluding hydrogens is 356 g/mol. The molecule has 0 fully saturated rings. The van der Waals surface area contributed by atoms with E-state index in [1.807, 2.05) is 0 Å². The van der Waals surface area contributed by atoms with Gasteiger partial charge < -0.3 is 10.1 Å². The van der Waals surface area contributed by atoms with Crippen LogP contribution < -0.4 is 5.32 Å². The second kappa shape index (κ2) is 8.47. The van der Waals surface area contributed by atoms with Gasteiger partial charge in [-0.1, -0.05) is 35.3 Å². The van der Waals surface area contributed by atoms with Gasteiger partial charge in [-0.3, -0.25) is 4.79 Å². The van der Waals surface area contributed by atoms with E-state index in [2.05, 4.69) is 5.32 Å². The van der Waals surface area contributed by atoms with Crippen molar-refractivity contribution in [3.05, 3.63) is 70.0 Å². The smallest absolute Gasteiger partial charge is 0.331 e. The SMILES string of the molecule is O=C(COC(=O)/C=C/c1cccc(F)c1)Nc1ccc(Cl)c(Cl)c1. The summed E-state index contributed by atoms with van der Waals surface area (Å²) in [7, 11) is 0. The summed E-state index contributed by atoms with van der Waals surface area (Å²) in [5.41, 5.74) is 0.938. The molecule has 0 aliphatic heterocycles. The lowest BCUT2D eigenvalue weighted by molar-refractivity contribution is -0.142. The number of hydrogen-bond acceptors (Lipinski definition) is 3. The number of carbonyl (C=O) groups is 2. The normalized spacial score (nSPS) is 10.6. The summed E-state index contributed by atoms with van der Waals surface area (Å²) in [4.78, 5) is 23.2. The maximum Gasteiger partial charge on any atom is 0.331 e. The maximum absolute atomic E-state index is 13.0. The maximum atomic E-state index is 13.0. The van der Waals surface area contributed by atoms with Crippen LogP contribution in [0, 0.1) is 5.82 Å². The van der Waals surface area contributed by atoms with E-state index >= 15 is 0 Å². The Morgan fingerprint density at radius 2 is 1.92 bits per heavy atom. The first-order valence-electron chi connectivity index (χ1n) is 6.79. The lowest BCUT2D eigenvalue weighted by Gasteiger charge is -2.06. The molecule has 2 aromatic rings. The molecule has 0 aliphatic rings. The van der Waals surface area contributed by atoms with Crippen molar-refractivity contribution in [2.75, 3.05) is 11.9 Å². The van der Waals surface area contributed by atoms with Gasteiger partial charge in [0.15, 0.2) is 6.61 Å². The van der Waals surface area contributed by atoms with E-state index in [-0.39, 0.29) is 0 Å². The van der Waals surface area contributed by atoms with Crippen LogP contribution in [0.1, 0.15) is 5.56 Å². The van der Waals surface area contributed by atoms with E-state index in [0.29, 0.717) is 21.3 Å². The Bertz CT molecular complexity index is 793. The van der Waals surface area contributed by atoms with E-state index in [1.54, 1.807) is 12.1 Å². The molecule has 0 saturated heterocycles. The molecule has 0 radical (unpaired) electrons. The molecule has 2 aromatic carbocycles. The minimum Gasteiger partial charge on any atom is -0.452 e. The second-order valence-corrected chi connectivity index (χ2v) is 5.49. The number of anilines is 1. The van der Waals surface area contributed by atoms with Crippen LogP contribution in [0.2, 0.25) is 10.0 Å². The first-order chi connectivity index (χ1) is 11.4. The first kappa shape index (κ1) is 18.0. The van der Waals surface area contributed by atoms with E-state index in [4.69, 9.17) is 27.9 Å². The number of ether oxygens (including phenoxy) is 1. The molecule has 0 atom stereocenters. The molecule has 7 heteroatoms. The summed E-state index contributed by atoms with van der Waals surface area (Å²) in [5.74, 6) is -1.66. The van der Waals surface area contributed by atoms with Crippen LogP contribution in [0.5, 0.6) is 0 Å². The number of amides is 1. The molecule has 124 valence electrons. The second-order valence-electron chi connectivity index (χ2n) is 4.67. The highest BCUT2D eigenvalue weighted by Gasteiger charge is 2.07. The third-order valence-corrected chi connectivity index (χ3v) is 3.55. The summed E-state index contributed by atoms with van der Waals surface area (Å²) in [6.45, 7) is -0.466. The third kappa shape index (κ3) is 5.68. The van der Waals surface area contributed by atoms with Crippen LogP contribution in [0.4, 0.5) is 10.1 Å². The van der Waals surface area contributed by atoms with Crippen LogP contribution in [-0.2, 0) is 14.3 Å². The van der Waals surface area contributed by atoms with Gasteiger partial charge in [0.1, 0.15) is 5.82 Å². The quantitative estimate of drug-likeness (QED) is 0.632. The monoisotopic (exact) mass is 367 g/mol. The zero-order valence-corrected chi connectivity index (χ0v) is 13.8. The predicted octanol–water partition coefficient (Wildman–Crippen LogP) is 4.33. The van der Waals surface area contributed by atoms with Crippen molar-refractivity contribution >= 4 is 46.8 Å². The molecule has 0 spiro atoms. The lowest BCUT2D eigenvalue weighted by Crippen LogP contribution is -2.20. The number of esters is 1. The molecule has 4 nitrogen and oxygen atoms in total. The Morgan fingerprint density at radius 3 is 2.62 bits per heavy atom. The van der Waals surface area contributed by atoms with Gasteiger partial charge in [0, 0.05) is 11.8 Å². The van der Waals surface area contributed by atoms with Gasteiger partial charge in [-0.15, -0.1) is 0 Å². The Morgan fingerprint density at radius 1 is 1.12 bits per heavy atom. The fraction of sp³-hybridized carbons (Fsp3) is 0.0588. The van der Waals surface area contributed by atoms with E-state index in [1.165, 1.54) is 36.4 Å². The van der Waals surface area contributed by atoms with Crippen molar-refractivity contribution in [3.8, 4) is 0 Å². The summed E-state index contributed by atoms with van der Waals surface area (Å²) < 4.78 is 17.8. The van der Waals surface area contributed by atoms with Crippen molar-refractivity contribution in [3.63, 3.8) is 0 Å². The Kier molecular flexibility index (Phi) is 6.35. The van der Waals surface area contributed by atoms with Gasteiger partial charge in [0.25, 0.3) is 5.91 Å². The Hall–Kier alpha value is -2.37. The van der Waals surface area contributed by atoms with Crippen molar-refractivity contribution in [1.82, 2.24) is 0 Å². The Balaban J connectivity index is 1.82. The molecule has 0 saturated carbocycles. The van der Waals surface area contributed by atoms with Crippen LogP contribution >= 0.6 is 23.2 Å². The molecule has 1 amide bonds. The fourth-order valence-corrected chi connectivity index (χ4v) is 2.03. The fourth-order valence-electron chi connectivity index (χ4n) is 1.73. The van der Waals surface area contributed by atoms with Crippen LogP contribution in [-0.4, -0.2) is 18.5 Å². The molecule has 0 aliphatic carbocycles. The zero-order valence-electron chi connectivity index (χ0n) is 12.3. The van der Waals surface area contributed by atoms with Crippen LogP contribution in [0.15, 0.2) is 48.5 Å². The van der Waals surface area contributed by atoms with Gasteiger partial charge in [-0.2, -0.15) is 0 Å². The highest BCUT2D eigenvalue weighted by atomic mass is 35.5. The van der Waals surface area contributed by atoms with Gasteiger partial charge in [0.05, 0.1) is 10.0 Å². The van der Waals surface area contributed by atoms with Crippen LogP contribution in [0.25, 0.3) is 6.08 Å². The number of hydrogen-bond donors (Lipinski definition) is 1. The Labute approximate surface area is 147 Å². The molecular formula is C17H12Cl2FNO3. The highest BCUT2D eigenvalue weighted by molar-refractivity contribution is 6.42. The topological polar surface area (TPSA) is 55.4 Å². The first-order valence-corrected chi connectivity index (χ1v) is 7.55. The average molecular weight is 368 g/mol. The summed E-state index contributed by atoms with van der Waals surface area (Å²) in [6.07, 6.45) is 2.50.